The van der Waals surface area contributed by atoms with Gasteiger partial charge in [0.05, 0.1) is 0 Å². The molecule has 0 saturated heterocycles. The fraction of sp³-hybridized carbons (Fsp3) is 0. The number of nitrogens with zero attached hydrogens (tertiary/aromatic N) is 3. The van der Waals surface area contributed by atoms with Gasteiger partial charge < -0.3 is 11.1 Å². The van der Waals surface area contributed by atoms with E-state index in [-0.39, 0.29) is 5.28 Å². The molecule has 3 N–H and O–H groups in total. The van der Waals surface area contributed by atoms with Crippen LogP contribution < -0.4 is 11.1 Å². The molecule has 0 aliphatic rings. The van der Waals surface area contributed by atoms with Crippen LogP contribution in [0.15, 0.2) is 30.6 Å². The minimum absolute atomic E-state index is 0.0913. The summed E-state index contributed by atoms with van der Waals surface area (Å²) < 4.78 is 0. The first-order valence-corrected chi connectivity index (χ1v) is 5.04. The molecule has 0 bridgehead atoms. The average Bonchev–Trinajstić information content (AvgIpc) is 2.29. The Balaban J connectivity index is 2.24. The van der Waals surface area contributed by atoms with Crippen molar-refractivity contribution in [3.05, 3.63) is 41.4 Å². The number of halogens is 1. The van der Waals surface area contributed by atoms with E-state index in [2.05, 4.69) is 20.3 Å². The zero-order valence-electron chi connectivity index (χ0n) is 8.59. The number of carbonyl (C=O) groups is 1. The third-order valence-electron chi connectivity index (χ3n) is 1.95. The lowest BCUT2D eigenvalue weighted by molar-refractivity contribution is 0.100. The van der Waals surface area contributed by atoms with Crippen molar-refractivity contribution in [2.24, 2.45) is 5.73 Å². The number of aromatic nitrogens is 3. The lowest BCUT2D eigenvalue weighted by Crippen LogP contribution is -2.11. The predicted molar refractivity (Wildman–Crippen MR) is 63.1 cm³/mol. The van der Waals surface area contributed by atoms with Crippen LogP contribution in [0.2, 0.25) is 5.28 Å². The monoisotopic (exact) mass is 249 g/mol. The van der Waals surface area contributed by atoms with E-state index >= 15 is 0 Å². The number of hydrogen-bond donors (Lipinski definition) is 2. The average molecular weight is 250 g/mol. The van der Waals surface area contributed by atoms with E-state index in [0.29, 0.717) is 17.2 Å². The van der Waals surface area contributed by atoms with Crippen molar-refractivity contribution in [2.45, 2.75) is 0 Å². The van der Waals surface area contributed by atoms with Crippen molar-refractivity contribution < 1.29 is 4.79 Å². The molecule has 0 atom stereocenters. The van der Waals surface area contributed by atoms with Crippen molar-refractivity contribution in [3.8, 4) is 0 Å². The van der Waals surface area contributed by atoms with Gasteiger partial charge in [-0.05, 0) is 29.8 Å². The highest BCUT2D eigenvalue weighted by Crippen LogP contribution is 2.14. The van der Waals surface area contributed by atoms with E-state index in [9.17, 15) is 4.79 Å². The van der Waals surface area contributed by atoms with E-state index in [1.165, 1.54) is 6.33 Å². The molecule has 0 fully saturated rings. The Labute approximate surface area is 102 Å². The Kier molecular flexibility index (Phi) is 3.15. The molecule has 0 radical (unpaired) electrons. The molecule has 17 heavy (non-hydrogen) atoms. The summed E-state index contributed by atoms with van der Waals surface area (Å²) in [5.41, 5.74) is 6.21. The van der Waals surface area contributed by atoms with Crippen LogP contribution in [0.1, 0.15) is 10.4 Å². The molecule has 1 amide bonds. The van der Waals surface area contributed by atoms with Crippen molar-refractivity contribution in [1.29, 1.82) is 0 Å². The SMILES string of the molecule is NC(=O)c1cccc(Nc2ncnc(Cl)n2)c1. The van der Waals surface area contributed by atoms with E-state index in [1.54, 1.807) is 24.3 Å². The van der Waals surface area contributed by atoms with Crippen LogP contribution in [0.25, 0.3) is 0 Å². The van der Waals surface area contributed by atoms with Crippen molar-refractivity contribution in [3.63, 3.8) is 0 Å². The van der Waals surface area contributed by atoms with Gasteiger partial charge in [-0.15, -0.1) is 0 Å². The van der Waals surface area contributed by atoms with Gasteiger partial charge >= 0.3 is 0 Å². The summed E-state index contributed by atoms with van der Waals surface area (Å²) in [5.74, 6) is -0.200. The standard InChI is InChI=1S/C10H8ClN5O/c11-9-13-5-14-10(16-9)15-7-3-1-2-6(4-7)8(12)17/h1-5H,(H2,12,17)(H,13,14,15,16). The Bertz CT molecular complexity index is 560. The van der Waals surface area contributed by atoms with Gasteiger partial charge in [0.1, 0.15) is 6.33 Å². The number of rotatable bonds is 3. The number of anilines is 2. The molecule has 0 aliphatic carbocycles. The molecular formula is C10H8ClN5O. The van der Waals surface area contributed by atoms with E-state index < -0.39 is 5.91 Å². The molecule has 0 spiro atoms. The quantitative estimate of drug-likeness (QED) is 0.857. The smallest absolute Gasteiger partial charge is 0.248 e. The zero-order valence-corrected chi connectivity index (χ0v) is 9.35. The van der Waals surface area contributed by atoms with Gasteiger partial charge in [0.25, 0.3) is 0 Å². The second kappa shape index (κ2) is 4.75. The molecule has 1 aromatic carbocycles. The number of benzene rings is 1. The Morgan fingerprint density at radius 2 is 2.18 bits per heavy atom. The summed E-state index contributed by atoms with van der Waals surface area (Å²) in [7, 11) is 0. The summed E-state index contributed by atoms with van der Waals surface area (Å²) >= 11 is 5.62. The molecular weight excluding hydrogens is 242 g/mol. The summed E-state index contributed by atoms with van der Waals surface area (Å²) in [5, 5.41) is 2.98. The van der Waals surface area contributed by atoms with Gasteiger partial charge in [-0.2, -0.15) is 4.98 Å². The molecule has 2 aromatic rings. The maximum atomic E-state index is 11.0. The number of amides is 1. The highest BCUT2D eigenvalue weighted by Gasteiger charge is 2.03. The van der Waals surface area contributed by atoms with Gasteiger partial charge in [-0.25, -0.2) is 9.97 Å². The number of nitrogens with two attached hydrogens (primary N) is 1. The van der Waals surface area contributed by atoms with Crippen molar-refractivity contribution in [1.82, 2.24) is 15.0 Å². The highest BCUT2D eigenvalue weighted by atomic mass is 35.5. The molecule has 0 aliphatic heterocycles. The number of hydrogen-bond acceptors (Lipinski definition) is 5. The largest absolute Gasteiger partial charge is 0.366 e. The molecule has 6 nitrogen and oxygen atoms in total. The fourth-order valence-corrected chi connectivity index (χ4v) is 1.34. The van der Waals surface area contributed by atoms with Crippen LogP contribution in [-0.2, 0) is 0 Å². The fourth-order valence-electron chi connectivity index (χ4n) is 1.22. The van der Waals surface area contributed by atoms with Crippen LogP contribution in [0, 0.1) is 0 Å². The van der Waals surface area contributed by atoms with Crippen LogP contribution in [0.5, 0.6) is 0 Å². The van der Waals surface area contributed by atoms with Crippen LogP contribution in [-0.4, -0.2) is 20.9 Å². The summed E-state index contributed by atoms with van der Waals surface area (Å²) in [6.45, 7) is 0. The Morgan fingerprint density at radius 1 is 1.35 bits per heavy atom. The van der Waals surface area contributed by atoms with Crippen LogP contribution >= 0.6 is 11.6 Å². The maximum Gasteiger partial charge on any atom is 0.248 e. The first kappa shape index (κ1) is 11.3. The first-order valence-electron chi connectivity index (χ1n) is 4.66. The molecule has 86 valence electrons. The van der Waals surface area contributed by atoms with E-state index in [4.69, 9.17) is 17.3 Å². The minimum Gasteiger partial charge on any atom is -0.366 e. The summed E-state index contributed by atoms with van der Waals surface area (Å²) in [6, 6.07) is 6.67. The molecule has 7 heteroatoms. The van der Waals surface area contributed by atoms with E-state index in [1.807, 2.05) is 0 Å². The summed E-state index contributed by atoms with van der Waals surface area (Å²) in [4.78, 5) is 22.4. The van der Waals surface area contributed by atoms with Gasteiger partial charge in [-0.1, -0.05) is 6.07 Å². The molecule has 0 unspecified atom stereocenters. The van der Waals surface area contributed by atoms with E-state index in [0.717, 1.165) is 0 Å². The normalized spacial score (nSPS) is 9.94. The van der Waals surface area contributed by atoms with Gasteiger partial charge in [-0.3, -0.25) is 4.79 Å². The van der Waals surface area contributed by atoms with Crippen molar-refractivity contribution >= 4 is 29.1 Å². The predicted octanol–water partition coefficient (Wildman–Crippen LogP) is 1.37. The lowest BCUT2D eigenvalue weighted by atomic mass is 10.2. The van der Waals surface area contributed by atoms with Crippen LogP contribution in [0.3, 0.4) is 0 Å². The number of primary amides is 1. The summed E-state index contributed by atoms with van der Waals surface area (Å²) in [6.07, 6.45) is 1.29. The molecule has 0 saturated carbocycles. The van der Waals surface area contributed by atoms with Crippen LogP contribution in [0.4, 0.5) is 11.6 Å². The molecule has 1 heterocycles. The van der Waals surface area contributed by atoms with Gasteiger partial charge in [0.2, 0.25) is 17.1 Å². The van der Waals surface area contributed by atoms with Gasteiger partial charge in [0, 0.05) is 11.3 Å². The maximum absolute atomic E-state index is 11.0. The molecule has 1 aromatic heterocycles. The Morgan fingerprint density at radius 3 is 2.88 bits per heavy atom. The Hall–Kier alpha value is -2.21. The lowest BCUT2D eigenvalue weighted by Gasteiger charge is -2.05. The first-order chi connectivity index (χ1) is 8.15. The third-order valence-corrected chi connectivity index (χ3v) is 2.13. The second-order valence-electron chi connectivity index (χ2n) is 3.15. The third kappa shape index (κ3) is 2.88. The number of carbonyl (C=O) groups excluding carboxylic acids is 1. The minimum atomic E-state index is -0.498. The number of nitrogens with one attached hydrogen (secondary N) is 1. The second-order valence-corrected chi connectivity index (χ2v) is 3.49. The van der Waals surface area contributed by atoms with Crippen molar-refractivity contribution in [2.75, 3.05) is 5.32 Å². The topological polar surface area (TPSA) is 93.8 Å². The molecule has 2 rings (SSSR count). The van der Waals surface area contributed by atoms with Gasteiger partial charge in [0.15, 0.2) is 0 Å². The zero-order chi connectivity index (χ0) is 12.3. The highest BCUT2D eigenvalue weighted by molar-refractivity contribution is 6.28.